The summed E-state index contributed by atoms with van der Waals surface area (Å²) in [6, 6.07) is 4.00. The number of rotatable bonds is 7. The number of aromatic nitrogens is 2. The van der Waals surface area contributed by atoms with Crippen LogP contribution in [0.3, 0.4) is 0 Å². The van der Waals surface area contributed by atoms with E-state index in [2.05, 4.69) is 28.3 Å². The normalized spacial score (nSPS) is 9.89. The molecule has 5 nitrogen and oxygen atoms in total. The fourth-order valence-electron chi connectivity index (χ4n) is 1.62. The van der Waals surface area contributed by atoms with Crippen molar-refractivity contribution in [2.45, 2.75) is 33.1 Å². The number of nitriles is 1. The minimum atomic E-state index is 0.325. The van der Waals surface area contributed by atoms with Crippen LogP contribution in [0.15, 0.2) is 6.07 Å². The summed E-state index contributed by atoms with van der Waals surface area (Å²) in [6.45, 7) is 5.29. The molecule has 0 atom stereocenters. The molecule has 0 aliphatic heterocycles. The van der Waals surface area contributed by atoms with Crippen molar-refractivity contribution in [3.05, 3.63) is 11.9 Å². The predicted molar refractivity (Wildman–Crippen MR) is 73.7 cm³/mol. The number of nitrogens with one attached hydrogen (secondary N) is 1. The predicted octanol–water partition coefficient (Wildman–Crippen LogP) is 2.35. The van der Waals surface area contributed by atoms with Crippen molar-refractivity contribution >= 4 is 11.6 Å². The molecule has 1 rings (SSSR count). The Labute approximate surface area is 109 Å². The van der Waals surface area contributed by atoms with E-state index in [1.807, 2.05) is 24.9 Å². The highest BCUT2D eigenvalue weighted by atomic mass is 15.2. The molecule has 1 heterocycles. The second-order valence-corrected chi connectivity index (χ2v) is 4.31. The summed E-state index contributed by atoms with van der Waals surface area (Å²) in [7, 11) is 1.85. The van der Waals surface area contributed by atoms with Gasteiger partial charge in [0, 0.05) is 19.7 Å². The molecule has 5 heteroatoms. The van der Waals surface area contributed by atoms with Gasteiger partial charge in [-0.05, 0) is 13.3 Å². The molecule has 18 heavy (non-hydrogen) atoms. The zero-order chi connectivity index (χ0) is 13.4. The van der Waals surface area contributed by atoms with Gasteiger partial charge in [-0.15, -0.1) is 0 Å². The molecule has 0 saturated heterocycles. The van der Waals surface area contributed by atoms with Crippen LogP contribution in [0, 0.1) is 18.3 Å². The third kappa shape index (κ3) is 4.58. The highest BCUT2D eigenvalue weighted by Crippen LogP contribution is 2.14. The summed E-state index contributed by atoms with van der Waals surface area (Å²) in [5, 5.41) is 12.0. The Morgan fingerprint density at radius 2 is 2.17 bits per heavy atom. The van der Waals surface area contributed by atoms with Gasteiger partial charge in [0.2, 0.25) is 0 Å². The molecule has 1 aromatic rings. The lowest BCUT2D eigenvalue weighted by molar-refractivity contribution is 0.741. The van der Waals surface area contributed by atoms with Gasteiger partial charge in [-0.1, -0.05) is 19.8 Å². The molecule has 1 N–H and O–H groups in total. The molecule has 0 aromatic carbocycles. The van der Waals surface area contributed by atoms with Crippen molar-refractivity contribution in [3.63, 3.8) is 0 Å². The van der Waals surface area contributed by atoms with Crippen LogP contribution in [0.25, 0.3) is 0 Å². The SMILES string of the molecule is CCCCCNc1cc(N(C)CC#N)nc(C)n1. The Kier molecular flexibility index (Phi) is 5.92. The lowest BCUT2D eigenvalue weighted by Gasteiger charge is -2.15. The summed E-state index contributed by atoms with van der Waals surface area (Å²) < 4.78 is 0. The molecule has 0 aliphatic rings. The molecule has 1 aromatic heterocycles. The fourth-order valence-corrected chi connectivity index (χ4v) is 1.62. The first-order chi connectivity index (χ1) is 8.67. The minimum Gasteiger partial charge on any atom is -0.370 e. The van der Waals surface area contributed by atoms with Crippen LogP contribution in [-0.2, 0) is 0 Å². The third-order valence-corrected chi connectivity index (χ3v) is 2.61. The van der Waals surface area contributed by atoms with Gasteiger partial charge in [0.1, 0.15) is 24.0 Å². The fraction of sp³-hybridized carbons (Fsp3) is 0.615. The minimum absolute atomic E-state index is 0.325. The number of nitrogens with zero attached hydrogens (tertiary/aromatic N) is 4. The maximum Gasteiger partial charge on any atom is 0.134 e. The summed E-state index contributed by atoms with van der Waals surface area (Å²) >= 11 is 0. The second-order valence-electron chi connectivity index (χ2n) is 4.31. The van der Waals surface area contributed by atoms with Crippen molar-refractivity contribution in [2.24, 2.45) is 0 Å². The lowest BCUT2D eigenvalue weighted by Crippen LogP contribution is -2.19. The Balaban J connectivity index is 2.66. The average molecular weight is 247 g/mol. The molecular formula is C13H21N5. The number of hydrogen-bond donors (Lipinski definition) is 1. The van der Waals surface area contributed by atoms with Crippen LogP contribution in [0.2, 0.25) is 0 Å². The van der Waals surface area contributed by atoms with Gasteiger partial charge in [0.15, 0.2) is 0 Å². The molecule has 0 spiro atoms. The highest BCUT2D eigenvalue weighted by molar-refractivity contribution is 5.49. The topological polar surface area (TPSA) is 64.8 Å². The van der Waals surface area contributed by atoms with Crippen molar-refractivity contribution in [3.8, 4) is 6.07 Å². The maximum absolute atomic E-state index is 8.69. The zero-order valence-electron chi connectivity index (χ0n) is 11.4. The van der Waals surface area contributed by atoms with E-state index >= 15 is 0 Å². The van der Waals surface area contributed by atoms with Gasteiger partial charge in [-0.3, -0.25) is 0 Å². The van der Waals surface area contributed by atoms with Crippen LogP contribution < -0.4 is 10.2 Å². The van der Waals surface area contributed by atoms with E-state index in [-0.39, 0.29) is 0 Å². The van der Waals surface area contributed by atoms with Crippen LogP contribution in [0.4, 0.5) is 11.6 Å². The van der Waals surface area contributed by atoms with E-state index in [1.165, 1.54) is 12.8 Å². The molecular weight excluding hydrogens is 226 g/mol. The van der Waals surface area contributed by atoms with Gasteiger partial charge >= 0.3 is 0 Å². The van der Waals surface area contributed by atoms with Gasteiger partial charge in [-0.25, -0.2) is 9.97 Å². The third-order valence-electron chi connectivity index (χ3n) is 2.61. The van der Waals surface area contributed by atoms with Crippen molar-refractivity contribution in [1.29, 1.82) is 5.26 Å². The summed E-state index contributed by atoms with van der Waals surface area (Å²) in [4.78, 5) is 10.5. The van der Waals surface area contributed by atoms with Crippen molar-refractivity contribution in [2.75, 3.05) is 30.4 Å². The summed E-state index contributed by atoms with van der Waals surface area (Å²) in [5.74, 6) is 2.33. The van der Waals surface area contributed by atoms with Crippen LogP contribution in [-0.4, -0.2) is 30.1 Å². The van der Waals surface area contributed by atoms with Crippen molar-refractivity contribution in [1.82, 2.24) is 9.97 Å². The van der Waals surface area contributed by atoms with E-state index in [9.17, 15) is 0 Å². The lowest BCUT2D eigenvalue weighted by atomic mass is 10.2. The number of anilines is 2. The van der Waals surface area contributed by atoms with E-state index < -0.39 is 0 Å². The van der Waals surface area contributed by atoms with Crippen molar-refractivity contribution < 1.29 is 0 Å². The molecule has 0 unspecified atom stereocenters. The van der Waals surface area contributed by atoms with Crippen LogP contribution >= 0.6 is 0 Å². The first-order valence-electron chi connectivity index (χ1n) is 6.35. The van der Waals surface area contributed by atoms with Crippen LogP contribution in [0.5, 0.6) is 0 Å². The monoisotopic (exact) mass is 247 g/mol. The second kappa shape index (κ2) is 7.49. The molecule has 0 saturated carbocycles. The first kappa shape index (κ1) is 14.2. The Morgan fingerprint density at radius 1 is 1.39 bits per heavy atom. The first-order valence-corrected chi connectivity index (χ1v) is 6.35. The van der Waals surface area contributed by atoms with Gasteiger partial charge in [0.25, 0.3) is 0 Å². The molecule has 0 aliphatic carbocycles. The van der Waals surface area contributed by atoms with E-state index in [1.54, 1.807) is 0 Å². The van der Waals surface area contributed by atoms with E-state index in [0.717, 1.165) is 30.4 Å². The molecule has 0 bridgehead atoms. The summed E-state index contributed by atoms with van der Waals surface area (Å²) in [5.41, 5.74) is 0. The van der Waals surface area contributed by atoms with Crippen LogP contribution in [0.1, 0.15) is 32.0 Å². The van der Waals surface area contributed by atoms with E-state index in [4.69, 9.17) is 5.26 Å². The molecule has 0 radical (unpaired) electrons. The zero-order valence-corrected chi connectivity index (χ0v) is 11.4. The average Bonchev–Trinajstić information content (AvgIpc) is 2.34. The Morgan fingerprint density at radius 3 is 2.83 bits per heavy atom. The van der Waals surface area contributed by atoms with Gasteiger partial charge < -0.3 is 10.2 Å². The standard InChI is InChI=1S/C13H21N5/c1-4-5-6-8-15-12-10-13(17-11(2)16-12)18(3)9-7-14/h10H,4-6,8-9H2,1-3H3,(H,15,16,17). The van der Waals surface area contributed by atoms with Gasteiger partial charge in [0.05, 0.1) is 6.07 Å². The Hall–Kier alpha value is -1.83. The van der Waals surface area contributed by atoms with E-state index in [0.29, 0.717) is 6.54 Å². The maximum atomic E-state index is 8.69. The highest BCUT2D eigenvalue weighted by Gasteiger charge is 2.05. The number of aryl methyl sites for hydroxylation is 1. The largest absolute Gasteiger partial charge is 0.370 e. The number of hydrogen-bond acceptors (Lipinski definition) is 5. The molecule has 0 fully saturated rings. The quantitative estimate of drug-likeness (QED) is 0.592. The summed E-state index contributed by atoms with van der Waals surface area (Å²) in [6.07, 6.45) is 3.57. The smallest absolute Gasteiger partial charge is 0.134 e. The molecule has 98 valence electrons. The molecule has 0 amide bonds. The Bertz CT molecular complexity index is 410. The number of unbranched alkanes of at least 4 members (excludes halogenated alkanes) is 2. The van der Waals surface area contributed by atoms with Gasteiger partial charge in [-0.2, -0.15) is 5.26 Å².